The van der Waals surface area contributed by atoms with Crippen LogP contribution in [0.25, 0.3) is 0 Å². The van der Waals surface area contributed by atoms with Crippen molar-refractivity contribution in [2.24, 2.45) is 0 Å². The van der Waals surface area contributed by atoms with Crippen LogP contribution >= 0.6 is 22.6 Å². The van der Waals surface area contributed by atoms with Crippen molar-refractivity contribution in [1.82, 2.24) is 4.98 Å². The zero-order valence-corrected chi connectivity index (χ0v) is 7.64. The third-order valence-corrected chi connectivity index (χ3v) is 2.93. The van der Waals surface area contributed by atoms with Crippen molar-refractivity contribution >= 4 is 22.6 Å². The Morgan fingerprint density at radius 1 is 1.22 bits per heavy atom. The first-order valence-corrected chi connectivity index (χ1v) is 3.86. The first-order valence-electron chi connectivity index (χ1n) is 2.78. The second-order valence-corrected chi connectivity index (χ2v) is 3.17. The van der Waals surface area contributed by atoms with Crippen LogP contribution in [0.5, 0.6) is 0 Å². The number of hydrogen-bond donors (Lipinski definition) is 0. The number of nitrogens with zero attached hydrogens (tertiary/aromatic N) is 1. The molecular formula is C7H8IN. The molecule has 1 rings (SSSR count). The minimum Gasteiger partial charge on any atom is -0.264 e. The molecule has 0 radical (unpaired) electrons. The molecule has 1 nitrogen and oxygen atoms in total. The number of pyridine rings is 1. The van der Waals surface area contributed by atoms with Gasteiger partial charge >= 0.3 is 0 Å². The van der Waals surface area contributed by atoms with E-state index in [1.807, 2.05) is 12.4 Å². The van der Waals surface area contributed by atoms with E-state index >= 15 is 0 Å². The summed E-state index contributed by atoms with van der Waals surface area (Å²) >= 11 is 2.33. The Morgan fingerprint density at radius 3 is 2.00 bits per heavy atom. The van der Waals surface area contributed by atoms with E-state index < -0.39 is 0 Å². The highest BCUT2D eigenvalue weighted by Crippen LogP contribution is 2.12. The number of aryl methyl sites for hydroxylation is 2. The first kappa shape index (κ1) is 6.99. The quantitative estimate of drug-likeness (QED) is 0.626. The fourth-order valence-electron chi connectivity index (χ4n) is 0.685. The van der Waals surface area contributed by atoms with Crippen LogP contribution in [-0.4, -0.2) is 4.98 Å². The molecule has 48 valence electrons. The van der Waals surface area contributed by atoms with Gasteiger partial charge in [0.15, 0.2) is 0 Å². The van der Waals surface area contributed by atoms with Crippen LogP contribution in [0, 0.1) is 17.4 Å². The zero-order valence-electron chi connectivity index (χ0n) is 5.48. The van der Waals surface area contributed by atoms with Crippen molar-refractivity contribution in [3.8, 4) is 0 Å². The van der Waals surface area contributed by atoms with Crippen molar-refractivity contribution < 1.29 is 0 Å². The summed E-state index contributed by atoms with van der Waals surface area (Å²) in [7, 11) is 0. The lowest BCUT2D eigenvalue weighted by Gasteiger charge is -1.98. The maximum atomic E-state index is 4.04. The fourth-order valence-corrected chi connectivity index (χ4v) is 0.964. The topological polar surface area (TPSA) is 12.9 Å². The third-order valence-electron chi connectivity index (χ3n) is 1.23. The second-order valence-electron chi connectivity index (χ2n) is 2.09. The van der Waals surface area contributed by atoms with Crippen LogP contribution < -0.4 is 0 Å². The molecular weight excluding hydrogens is 225 g/mol. The molecule has 0 bridgehead atoms. The van der Waals surface area contributed by atoms with Gasteiger partial charge in [-0.3, -0.25) is 4.98 Å². The third kappa shape index (κ3) is 1.41. The van der Waals surface area contributed by atoms with Gasteiger partial charge < -0.3 is 0 Å². The lowest BCUT2D eigenvalue weighted by atomic mass is 10.2. The Kier molecular flexibility index (Phi) is 2.05. The van der Waals surface area contributed by atoms with Crippen molar-refractivity contribution in [2.45, 2.75) is 13.8 Å². The molecule has 0 N–H and O–H groups in total. The normalized spacial score (nSPS) is 9.67. The maximum Gasteiger partial charge on any atom is 0.0307 e. The molecule has 0 atom stereocenters. The monoisotopic (exact) mass is 233 g/mol. The first-order chi connectivity index (χ1) is 4.22. The van der Waals surface area contributed by atoms with E-state index in [-0.39, 0.29) is 0 Å². The zero-order chi connectivity index (χ0) is 6.85. The number of aromatic nitrogens is 1. The van der Waals surface area contributed by atoms with Gasteiger partial charge in [-0.1, -0.05) is 0 Å². The van der Waals surface area contributed by atoms with E-state index in [2.05, 4.69) is 41.4 Å². The molecule has 2 heteroatoms. The molecule has 1 aromatic heterocycles. The molecule has 0 spiro atoms. The van der Waals surface area contributed by atoms with Gasteiger partial charge in [0.2, 0.25) is 0 Å². The fraction of sp³-hybridized carbons (Fsp3) is 0.286. The predicted molar refractivity (Wildman–Crippen MR) is 46.4 cm³/mol. The summed E-state index contributed by atoms with van der Waals surface area (Å²) in [5.74, 6) is 0. The van der Waals surface area contributed by atoms with E-state index in [9.17, 15) is 0 Å². The largest absolute Gasteiger partial charge is 0.264 e. The van der Waals surface area contributed by atoms with Crippen LogP contribution in [0.1, 0.15) is 11.1 Å². The van der Waals surface area contributed by atoms with E-state index in [1.54, 1.807) is 0 Å². The Balaban J connectivity index is 3.25. The van der Waals surface area contributed by atoms with Gasteiger partial charge in [0, 0.05) is 16.0 Å². The van der Waals surface area contributed by atoms with Crippen LogP contribution in [0.4, 0.5) is 0 Å². The Labute approximate surface area is 68.6 Å². The van der Waals surface area contributed by atoms with Crippen LogP contribution in [0.3, 0.4) is 0 Å². The minimum absolute atomic E-state index is 1.26. The molecule has 1 aromatic rings. The Bertz CT molecular complexity index is 200. The van der Waals surface area contributed by atoms with Crippen molar-refractivity contribution in [1.29, 1.82) is 0 Å². The molecule has 0 aliphatic rings. The summed E-state index contributed by atoms with van der Waals surface area (Å²) in [6.07, 6.45) is 3.77. The lowest BCUT2D eigenvalue weighted by Crippen LogP contribution is -1.85. The van der Waals surface area contributed by atoms with Crippen molar-refractivity contribution in [2.75, 3.05) is 0 Å². The molecule has 0 aromatic carbocycles. The molecule has 0 unspecified atom stereocenters. The van der Waals surface area contributed by atoms with E-state index in [4.69, 9.17) is 0 Å². The number of rotatable bonds is 0. The summed E-state index contributed by atoms with van der Waals surface area (Å²) in [5, 5.41) is 0. The summed E-state index contributed by atoms with van der Waals surface area (Å²) in [6, 6.07) is 0. The van der Waals surface area contributed by atoms with Gasteiger partial charge in [-0.2, -0.15) is 0 Å². The summed E-state index contributed by atoms with van der Waals surface area (Å²) in [4.78, 5) is 4.04. The van der Waals surface area contributed by atoms with Gasteiger partial charge in [-0.25, -0.2) is 0 Å². The predicted octanol–water partition coefficient (Wildman–Crippen LogP) is 2.30. The van der Waals surface area contributed by atoms with Crippen molar-refractivity contribution in [3.63, 3.8) is 0 Å². The smallest absolute Gasteiger partial charge is 0.0307 e. The highest BCUT2D eigenvalue weighted by molar-refractivity contribution is 14.1. The van der Waals surface area contributed by atoms with Crippen molar-refractivity contribution in [3.05, 3.63) is 27.1 Å². The maximum absolute atomic E-state index is 4.04. The minimum atomic E-state index is 1.26. The van der Waals surface area contributed by atoms with Gasteiger partial charge in [0.05, 0.1) is 0 Å². The highest BCUT2D eigenvalue weighted by atomic mass is 127. The molecule has 0 amide bonds. The Morgan fingerprint density at radius 2 is 1.67 bits per heavy atom. The Hall–Kier alpha value is -0.120. The van der Waals surface area contributed by atoms with Gasteiger partial charge in [-0.05, 0) is 47.6 Å². The van der Waals surface area contributed by atoms with Crippen LogP contribution in [0.15, 0.2) is 12.4 Å². The van der Waals surface area contributed by atoms with Gasteiger partial charge in [0.25, 0.3) is 0 Å². The highest BCUT2D eigenvalue weighted by Gasteiger charge is 1.95. The number of hydrogen-bond acceptors (Lipinski definition) is 1. The van der Waals surface area contributed by atoms with E-state index in [0.29, 0.717) is 0 Å². The molecule has 0 aliphatic heterocycles. The van der Waals surface area contributed by atoms with Gasteiger partial charge in [0.1, 0.15) is 0 Å². The molecule has 0 saturated carbocycles. The van der Waals surface area contributed by atoms with Crippen LogP contribution in [0.2, 0.25) is 0 Å². The molecule has 0 fully saturated rings. The average Bonchev–Trinajstić information content (AvgIpc) is 1.83. The second kappa shape index (κ2) is 2.64. The summed E-state index contributed by atoms with van der Waals surface area (Å²) < 4.78 is 1.32. The van der Waals surface area contributed by atoms with Gasteiger partial charge in [-0.15, -0.1) is 0 Å². The summed E-state index contributed by atoms with van der Waals surface area (Å²) in [5.41, 5.74) is 2.52. The average molecular weight is 233 g/mol. The molecule has 0 aliphatic carbocycles. The number of halogens is 1. The van der Waals surface area contributed by atoms with E-state index in [1.165, 1.54) is 14.7 Å². The van der Waals surface area contributed by atoms with Crippen LogP contribution in [-0.2, 0) is 0 Å². The standard InChI is InChI=1S/C7H8IN/c1-5-3-9-4-6(2)7(5)8/h3-4H,1-2H3. The molecule has 0 saturated heterocycles. The molecule has 9 heavy (non-hydrogen) atoms. The molecule has 1 heterocycles. The lowest BCUT2D eigenvalue weighted by molar-refractivity contribution is 1.20. The SMILES string of the molecule is Cc1cncc(C)c1I. The van der Waals surface area contributed by atoms with E-state index in [0.717, 1.165) is 0 Å². The summed E-state index contributed by atoms with van der Waals surface area (Å²) in [6.45, 7) is 4.14.